The van der Waals surface area contributed by atoms with E-state index < -0.39 is 0 Å². The molecule has 0 bridgehead atoms. The monoisotopic (exact) mass is 283 g/mol. The summed E-state index contributed by atoms with van der Waals surface area (Å²) < 4.78 is 5.03. The summed E-state index contributed by atoms with van der Waals surface area (Å²) in [4.78, 5) is 22.0. The van der Waals surface area contributed by atoms with Crippen molar-refractivity contribution < 1.29 is 9.53 Å². The summed E-state index contributed by atoms with van der Waals surface area (Å²) in [5.41, 5.74) is 3.02. The van der Waals surface area contributed by atoms with E-state index in [1.54, 1.807) is 13.2 Å². The third-order valence-electron chi connectivity index (χ3n) is 3.61. The van der Waals surface area contributed by atoms with Crippen molar-refractivity contribution in [3.05, 3.63) is 41.6 Å². The van der Waals surface area contributed by atoms with Crippen LogP contribution in [0.4, 0.5) is 10.6 Å². The molecule has 0 radical (unpaired) electrons. The second-order valence-electron chi connectivity index (χ2n) is 5.40. The number of hydrogen-bond acceptors (Lipinski definition) is 4. The Hall–Kier alpha value is -2.43. The fourth-order valence-corrected chi connectivity index (χ4v) is 2.45. The van der Waals surface area contributed by atoms with Crippen molar-refractivity contribution in [2.75, 3.05) is 11.9 Å². The van der Waals surface area contributed by atoms with Gasteiger partial charge >= 0.3 is 6.09 Å². The maximum atomic E-state index is 11.6. The number of fused-ring (bicyclic) bond motifs is 1. The van der Waals surface area contributed by atoms with Crippen LogP contribution in [-0.4, -0.2) is 23.1 Å². The molecule has 0 fully saturated rings. The molecule has 0 unspecified atom stereocenters. The lowest BCUT2D eigenvalue weighted by Gasteiger charge is -2.24. The van der Waals surface area contributed by atoms with Crippen LogP contribution in [0.1, 0.15) is 30.9 Å². The third kappa shape index (κ3) is 2.35. The number of rotatable bonds is 2. The summed E-state index contributed by atoms with van der Waals surface area (Å²) in [7, 11) is 1.66. The number of nitrogens with zero attached hydrogens (tertiary/aromatic N) is 3. The Morgan fingerprint density at radius 2 is 2.05 bits per heavy atom. The Labute approximate surface area is 123 Å². The summed E-state index contributed by atoms with van der Waals surface area (Å²) in [6.45, 7) is 4.51. The molecule has 1 aliphatic heterocycles. The van der Waals surface area contributed by atoms with Gasteiger partial charge in [0.15, 0.2) is 5.82 Å². The van der Waals surface area contributed by atoms with Crippen molar-refractivity contribution in [1.82, 2.24) is 9.97 Å². The lowest BCUT2D eigenvalue weighted by Crippen LogP contribution is -2.33. The van der Waals surface area contributed by atoms with E-state index in [1.165, 1.54) is 10.5 Å². The van der Waals surface area contributed by atoms with Crippen LogP contribution in [0.15, 0.2) is 30.5 Å². The number of aromatic nitrogens is 2. The Kier molecular flexibility index (Phi) is 3.33. The Bertz CT molecular complexity index is 698. The molecule has 0 spiro atoms. The van der Waals surface area contributed by atoms with Gasteiger partial charge in [0, 0.05) is 18.8 Å². The maximum absolute atomic E-state index is 11.6. The van der Waals surface area contributed by atoms with Crippen LogP contribution in [0.3, 0.4) is 0 Å². The first kappa shape index (κ1) is 13.5. The SMILES string of the molecule is CC(C)c1ccccc1-c1ncc2c(n1)N(C)C(=O)OC2. The van der Waals surface area contributed by atoms with Gasteiger partial charge in [0.05, 0.1) is 5.56 Å². The minimum atomic E-state index is -0.385. The predicted octanol–water partition coefficient (Wildman–Crippen LogP) is 3.35. The summed E-state index contributed by atoms with van der Waals surface area (Å²) in [6, 6.07) is 8.09. The quantitative estimate of drug-likeness (QED) is 0.848. The standard InChI is InChI=1S/C16H17N3O2/c1-10(2)12-6-4-5-7-13(12)14-17-8-11-9-21-16(20)19(3)15(11)18-14/h4-8,10H,9H2,1-3H3. The van der Waals surface area contributed by atoms with Gasteiger partial charge in [-0.25, -0.2) is 14.8 Å². The molecule has 21 heavy (non-hydrogen) atoms. The molecule has 0 saturated carbocycles. The van der Waals surface area contributed by atoms with Crippen LogP contribution in [0.2, 0.25) is 0 Å². The molecule has 0 N–H and O–H groups in total. The van der Waals surface area contributed by atoms with E-state index in [1.807, 2.05) is 18.2 Å². The molecule has 0 atom stereocenters. The average molecular weight is 283 g/mol. The molecule has 0 aliphatic carbocycles. The van der Waals surface area contributed by atoms with Crippen molar-refractivity contribution >= 4 is 11.9 Å². The molecule has 1 aromatic carbocycles. The van der Waals surface area contributed by atoms with Gasteiger partial charge in [0.25, 0.3) is 0 Å². The van der Waals surface area contributed by atoms with Crippen molar-refractivity contribution in [3.63, 3.8) is 0 Å². The average Bonchev–Trinajstić information content (AvgIpc) is 2.51. The van der Waals surface area contributed by atoms with Crippen LogP contribution < -0.4 is 4.90 Å². The van der Waals surface area contributed by atoms with Crippen molar-refractivity contribution in [3.8, 4) is 11.4 Å². The van der Waals surface area contributed by atoms with Crippen LogP contribution in [0, 0.1) is 0 Å². The van der Waals surface area contributed by atoms with Gasteiger partial charge in [-0.15, -0.1) is 0 Å². The van der Waals surface area contributed by atoms with E-state index in [0.29, 0.717) is 17.6 Å². The molecular weight excluding hydrogens is 266 g/mol. The number of carbonyl (C=O) groups excluding carboxylic acids is 1. The minimum Gasteiger partial charge on any atom is -0.444 e. The first-order valence-corrected chi connectivity index (χ1v) is 6.93. The van der Waals surface area contributed by atoms with Crippen LogP contribution in [-0.2, 0) is 11.3 Å². The summed E-state index contributed by atoms with van der Waals surface area (Å²) in [5, 5.41) is 0. The Morgan fingerprint density at radius 3 is 2.81 bits per heavy atom. The zero-order valence-electron chi connectivity index (χ0n) is 12.3. The van der Waals surface area contributed by atoms with E-state index in [2.05, 4.69) is 29.9 Å². The van der Waals surface area contributed by atoms with Crippen LogP contribution in [0.5, 0.6) is 0 Å². The van der Waals surface area contributed by atoms with E-state index in [-0.39, 0.29) is 12.7 Å². The molecule has 3 rings (SSSR count). The number of hydrogen-bond donors (Lipinski definition) is 0. The molecule has 5 heteroatoms. The van der Waals surface area contributed by atoms with E-state index >= 15 is 0 Å². The largest absolute Gasteiger partial charge is 0.444 e. The fraction of sp³-hybridized carbons (Fsp3) is 0.312. The van der Waals surface area contributed by atoms with Gasteiger partial charge in [-0.1, -0.05) is 38.1 Å². The number of ether oxygens (including phenoxy) is 1. The number of carbonyl (C=O) groups is 1. The summed E-state index contributed by atoms with van der Waals surface area (Å²) in [5.74, 6) is 1.64. The van der Waals surface area contributed by atoms with Gasteiger partial charge in [-0.3, -0.25) is 4.90 Å². The molecule has 1 aliphatic rings. The maximum Gasteiger partial charge on any atom is 0.415 e. The van der Waals surface area contributed by atoms with Crippen LogP contribution in [0.25, 0.3) is 11.4 Å². The van der Waals surface area contributed by atoms with Crippen molar-refractivity contribution in [1.29, 1.82) is 0 Å². The van der Waals surface area contributed by atoms with Gasteiger partial charge in [-0.05, 0) is 11.5 Å². The number of cyclic esters (lactones) is 1. The molecular formula is C16H17N3O2. The van der Waals surface area contributed by atoms with Gasteiger partial charge in [0.2, 0.25) is 0 Å². The summed E-state index contributed by atoms with van der Waals surface area (Å²) >= 11 is 0. The molecule has 2 heterocycles. The number of benzene rings is 1. The molecule has 0 saturated heterocycles. The molecule has 5 nitrogen and oxygen atoms in total. The summed E-state index contributed by atoms with van der Waals surface area (Å²) in [6.07, 6.45) is 1.35. The highest BCUT2D eigenvalue weighted by molar-refractivity contribution is 5.88. The lowest BCUT2D eigenvalue weighted by molar-refractivity contribution is 0.143. The van der Waals surface area contributed by atoms with Gasteiger partial charge in [-0.2, -0.15) is 0 Å². The second kappa shape index (κ2) is 5.16. The third-order valence-corrected chi connectivity index (χ3v) is 3.61. The van der Waals surface area contributed by atoms with Gasteiger partial charge < -0.3 is 4.74 Å². The topological polar surface area (TPSA) is 55.3 Å². The normalized spacial score (nSPS) is 14.1. The number of anilines is 1. The van der Waals surface area contributed by atoms with Crippen molar-refractivity contribution in [2.24, 2.45) is 0 Å². The van der Waals surface area contributed by atoms with Crippen LogP contribution >= 0.6 is 0 Å². The second-order valence-corrected chi connectivity index (χ2v) is 5.40. The van der Waals surface area contributed by atoms with Crippen molar-refractivity contribution in [2.45, 2.75) is 26.4 Å². The zero-order valence-corrected chi connectivity index (χ0v) is 12.3. The van der Waals surface area contributed by atoms with E-state index in [9.17, 15) is 4.79 Å². The van der Waals surface area contributed by atoms with Gasteiger partial charge in [0.1, 0.15) is 12.4 Å². The fourth-order valence-electron chi connectivity index (χ4n) is 2.45. The Morgan fingerprint density at radius 1 is 1.29 bits per heavy atom. The Balaban J connectivity index is 2.11. The molecule has 108 valence electrons. The van der Waals surface area contributed by atoms with E-state index in [0.717, 1.165) is 11.1 Å². The van der Waals surface area contributed by atoms with E-state index in [4.69, 9.17) is 4.74 Å². The highest BCUT2D eigenvalue weighted by atomic mass is 16.6. The smallest absolute Gasteiger partial charge is 0.415 e. The first-order valence-electron chi connectivity index (χ1n) is 6.93. The first-order chi connectivity index (χ1) is 10.1. The minimum absolute atomic E-state index is 0.227. The predicted molar refractivity (Wildman–Crippen MR) is 80.1 cm³/mol. The molecule has 1 aromatic heterocycles. The highest BCUT2D eigenvalue weighted by Crippen LogP contribution is 2.30. The molecule has 2 aromatic rings. The number of amides is 1. The lowest BCUT2D eigenvalue weighted by atomic mass is 9.97. The molecule has 1 amide bonds. The highest BCUT2D eigenvalue weighted by Gasteiger charge is 2.25. The zero-order chi connectivity index (χ0) is 15.0.